The monoisotopic (exact) mass is 2020 g/mol. The maximum atomic E-state index is 13.1. The lowest BCUT2D eigenvalue weighted by Crippen LogP contribution is -2.53. The summed E-state index contributed by atoms with van der Waals surface area (Å²) in [5.41, 5.74) is 9.56. The predicted octanol–water partition coefficient (Wildman–Crippen LogP) is 19.3. The quantitative estimate of drug-likeness (QED) is 0.0123. The molecule has 0 aromatic heterocycles. The Morgan fingerprint density at radius 3 is 1.25 bits per heavy atom. The molecule has 15 unspecified atom stereocenters. The molecule has 10 rings (SSSR count). The van der Waals surface area contributed by atoms with Crippen LogP contribution in [-0.2, 0) is 100 Å². The number of carbonyl (C=O) groups excluding carboxylic acids is 11. The number of hydrogen-bond acceptors (Lipinski definition) is 26. The number of Topliss-reactive ketones (excluding diaryl/α,β-unsaturated/α-hetero) is 5. The van der Waals surface area contributed by atoms with Crippen molar-refractivity contribution in [1.29, 1.82) is 0 Å². The van der Waals surface area contributed by atoms with Gasteiger partial charge in [-0.25, -0.2) is 4.79 Å². The molecular formula is C115H186N4O25. The molecule has 4 aromatic rings. The van der Waals surface area contributed by atoms with Gasteiger partial charge in [0.2, 0.25) is 11.8 Å². The van der Waals surface area contributed by atoms with Gasteiger partial charge in [0.05, 0.1) is 55.8 Å². The van der Waals surface area contributed by atoms with E-state index in [0.717, 1.165) is 41.5 Å². The number of carbonyl (C=O) groups is 11. The SMILES string of the molecule is C.C.C.CCC.CCC(=O)OCC1c2ccccc2-c2ccccc21.CCC(C)C(=O)NCC(=O)CC(CC)C(=O)C(NC)OC1OC(CC)[C@@H](C)C(C)[C@H]1C.CCC(C)C(=O)NCC(=O)CC(CC)C(=O)COC1CC(CO)[C@H](O)C(O)[C@@H]1C.CCCC(=O)[C@@H](NC(=O)OCC1c2ccccc2-c2ccccc21)[C@@H](C)O[C@H]1OC(COC(C)=O)[C@H](C)[C@H](C)C1C.CCCO[C@H]1OC(COC(C)=O)[C@H](C)[C@H](C)C1C. The van der Waals surface area contributed by atoms with E-state index < -0.39 is 73.1 Å². The molecule has 3 aliphatic carbocycles. The number of aliphatic hydroxyl groups is 3. The molecule has 0 spiro atoms. The third-order valence-corrected chi connectivity index (χ3v) is 29.5. The molecule has 0 radical (unpaired) electrons. The van der Waals surface area contributed by atoms with Crippen molar-refractivity contribution < 1.29 is 120 Å². The standard InChI is InChI=1S/C33H43NO7.C24H44N2O5.C21H37NO7.C17H16O2.C14H26O4.C3H8.3CH4/c1-7-12-29(36)31(22(5)40-32-21(4)19(2)20(3)30(41-32)18-38-23(6)35)34-33(37)39-17-28-26-15-10-8-13-24(26)25-14-9-11-16-27(25)28;1-9-14(4)22(29)26-13-19(27)12-18(10-2)21(28)23(25-8)31-24-17(7)15(5)16(6)20(11-3)30-24;1-5-12(3)21(28)22-9-16(24)7-14(6-2)17(25)11-29-18-8-15(10-23)20(27)19(26)13(18)4;1-2-17(18)19-11-16-14-9-5-3-7-12(14)13-8-4-6-10-15(13)16;1-6-7-16-14-11(4)9(2)10(3)13(18-14)8-17-12(5)15;1-3-2;;;/h8-11,13-16,19-22,28,30-32H,7,12,17-18H2,1-6H3,(H,34,37);14-18,20,23-25H,9-13H2,1-8H3,(H,26,29);12-15,18-20,23,26-27H,5-11H2,1-4H3,(H,22,28);3-10,16H,2,11H2,1H3;9-11,13-14H,6-8H2,1-5H3;3H2,1-2H3;3*1H4/t19-,20+,21?,22+,30?,31-,32-;14?,15?,16-,17+,18?,20?,23?,24?;12?,13-,14?,15?,18?,19?,20+;;9-,10+,11?,13?,14-;;;;/m001.0..../s1. The Morgan fingerprint density at radius 2 is 0.854 bits per heavy atom. The zero-order valence-corrected chi connectivity index (χ0v) is 89.4. The first-order valence-corrected chi connectivity index (χ1v) is 52.1. The summed E-state index contributed by atoms with van der Waals surface area (Å²) in [4.78, 5) is 134. The number of amides is 3. The number of alkyl carbamates (subject to hydrolysis) is 1. The average molecular weight is 2020 g/mol. The van der Waals surface area contributed by atoms with Crippen LogP contribution in [0, 0.1) is 88.8 Å². The highest BCUT2D eigenvalue weighted by atomic mass is 16.7. The van der Waals surface area contributed by atoms with Gasteiger partial charge in [-0.3, -0.25) is 53.3 Å². The fraction of sp³-hybridized carbons (Fsp3) is 0.696. The second-order valence-electron chi connectivity index (χ2n) is 39.5. The van der Waals surface area contributed by atoms with Crippen LogP contribution in [-0.4, -0.2) is 220 Å². The molecule has 7 N–H and O–H groups in total. The molecule has 4 aromatic carbocycles. The van der Waals surface area contributed by atoms with Crippen molar-refractivity contribution >= 4 is 64.7 Å². The Kier molecular flexibility index (Phi) is 61.5. The van der Waals surface area contributed by atoms with Gasteiger partial charge in [-0.05, 0) is 145 Å². The van der Waals surface area contributed by atoms with Crippen molar-refractivity contribution in [3.63, 3.8) is 0 Å². The summed E-state index contributed by atoms with van der Waals surface area (Å²) in [5.74, 6) is -1.36. The number of benzene rings is 4. The third kappa shape index (κ3) is 38.8. The largest absolute Gasteiger partial charge is 0.465 e. The second kappa shape index (κ2) is 67.4. The normalized spacial score (nSPS) is 25.6. The first kappa shape index (κ1) is 131. The van der Waals surface area contributed by atoms with E-state index in [2.05, 4.69) is 165 Å². The molecule has 6 aliphatic rings. The van der Waals surface area contributed by atoms with Crippen LogP contribution in [0.2, 0.25) is 0 Å². The summed E-state index contributed by atoms with van der Waals surface area (Å²) in [7, 11) is 1.68. The third-order valence-electron chi connectivity index (χ3n) is 29.5. The van der Waals surface area contributed by atoms with Crippen molar-refractivity contribution in [2.75, 3.05) is 66.4 Å². The molecule has 29 nitrogen and oxygen atoms in total. The minimum absolute atomic E-state index is 0. The topological polar surface area (TPSA) is 398 Å². The Labute approximate surface area is 862 Å². The number of ether oxygens (including phenoxy) is 11. The van der Waals surface area contributed by atoms with Crippen LogP contribution < -0.4 is 21.3 Å². The number of esters is 3. The fourth-order valence-electron chi connectivity index (χ4n) is 18.6. The molecule has 3 heterocycles. The molecule has 816 valence electrons. The Morgan fingerprint density at radius 1 is 0.451 bits per heavy atom. The van der Waals surface area contributed by atoms with Gasteiger partial charge in [-0.2, -0.15) is 0 Å². The van der Waals surface area contributed by atoms with E-state index in [1.54, 1.807) is 27.8 Å². The second-order valence-corrected chi connectivity index (χ2v) is 39.5. The summed E-state index contributed by atoms with van der Waals surface area (Å²) in [6.07, 6.45) is 1.12. The van der Waals surface area contributed by atoms with Crippen LogP contribution in [0.1, 0.15) is 313 Å². The summed E-state index contributed by atoms with van der Waals surface area (Å²) in [6, 6.07) is 32.1. The van der Waals surface area contributed by atoms with E-state index in [-0.39, 0.29) is 211 Å². The van der Waals surface area contributed by atoms with Gasteiger partial charge in [0, 0.05) is 118 Å². The first-order valence-electron chi connectivity index (χ1n) is 52.1. The molecular weight excluding hydrogens is 1840 g/mol. The maximum Gasteiger partial charge on any atom is 0.407 e. The summed E-state index contributed by atoms with van der Waals surface area (Å²) < 4.78 is 63.6. The lowest BCUT2D eigenvalue weighted by atomic mass is 9.76. The highest BCUT2D eigenvalue weighted by molar-refractivity contribution is 5.94. The first-order chi connectivity index (χ1) is 67.1. The highest BCUT2D eigenvalue weighted by Crippen LogP contribution is 2.47. The van der Waals surface area contributed by atoms with E-state index in [1.807, 2.05) is 91.8 Å². The van der Waals surface area contributed by atoms with Gasteiger partial charge in [0.25, 0.3) is 0 Å². The summed E-state index contributed by atoms with van der Waals surface area (Å²) >= 11 is 0. The summed E-state index contributed by atoms with van der Waals surface area (Å²) in [6.45, 7) is 50.0. The number of hydrogen-bond donors (Lipinski definition) is 7. The lowest BCUT2D eigenvalue weighted by Gasteiger charge is -2.44. The van der Waals surface area contributed by atoms with Crippen LogP contribution in [0.3, 0.4) is 0 Å². The zero-order valence-electron chi connectivity index (χ0n) is 89.4. The van der Waals surface area contributed by atoms with Gasteiger partial charge in [-0.15, -0.1) is 0 Å². The number of ketones is 5. The molecule has 3 amide bonds. The molecule has 144 heavy (non-hydrogen) atoms. The Balaban J connectivity index is 0.000000618. The van der Waals surface area contributed by atoms with Crippen molar-refractivity contribution in [3.8, 4) is 22.3 Å². The van der Waals surface area contributed by atoms with Crippen LogP contribution in [0.15, 0.2) is 97.1 Å². The molecule has 27 atom stereocenters. The van der Waals surface area contributed by atoms with E-state index in [9.17, 15) is 68.1 Å². The van der Waals surface area contributed by atoms with Gasteiger partial charge in [-0.1, -0.05) is 278 Å². The van der Waals surface area contributed by atoms with E-state index >= 15 is 0 Å². The number of nitrogens with one attached hydrogen (secondary N) is 4. The molecule has 3 aliphatic heterocycles. The fourth-order valence-corrected chi connectivity index (χ4v) is 18.6. The smallest absolute Gasteiger partial charge is 0.407 e. The van der Waals surface area contributed by atoms with Gasteiger partial charge in [0.15, 0.2) is 54.0 Å². The van der Waals surface area contributed by atoms with Crippen molar-refractivity contribution in [1.82, 2.24) is 21.3 Å². The number of fused-ring (bicyclic) bond motifs is 6. The molecule has 1 saturated carbocycles. The van der Waals surface area contributed by atoms with E-state index in [1.165, 1.54) is 42.5 Å². The van der Waals surface area contributed by atoms with Crippen molar-refractivity contribution in [3.05, 3.63) is 119 Å². The van der Waals surface area contributed by atoms with Crippen molar-refractivity contribution in [2.45, 2.75) is 365 Å². The Hall–Kier alpha value is -8.59. The van der Waals surface area contributed by atoms with E-state index in [0.29, 0.717) is 94.4 Å². The van der Waals surface area contributed by atoms with Crippen LogP contribution in [0.25, 0.3) is 22.3 Å². The number of rotatable bonds is 44. The highest BCUT2D eigenvalue weighted by Gasteiger charge is 2.47. The Bertz CT molecular complexity index is 4410. The van der Waals surface area contributed by atoms with Crippen molar-refractivity contribution in [2.24, 2.45) is 88.8 Å². The van der Waals surface area contributed by atoms with Crippen LogP contribution in [0.4, 0.5) is 4.79 Å². The molecule has 4 fully saturated rings. The van der Waals surface area contributed by atoms with E-state index in [4.69, 9.17) is 52.1 Å². The zero-order chi connectivity index (χ0) is 105. The number of aliphatic hydroxyl groups excluding tert-OH is 3. The van der Waals surface area contributed by atoms with Crippen LogP contribution in [0.5, 0.6) is 0 Å². The molecule has 3 saturated heterocycles. The minimum Gasteiger partial charge on any atom is -0.465 e. The number of likely N-dealkylation sites (N-methyl/N-ethyl adjacent to an activating group) is 1. The minimum atomic E-state index is -1.03. The molecule has 0 bridgehead atoms. The predicted molar refractivity (Wildman–Crippen MR) is 564 cm³/mol. The van der Waals surface area contributed by atoms with Gasteiger partial charge >= 0.3 is 24.0 Å². The lowest BCUT2D eigenvalue weighted by molar-refractivity contribution is -0.269. The average Bonchev–Trinajstić information content (AvgIpc) is 1.62. The van der Waals surface area contributed by atoms with Gasteiger partial charge in [0.1, 0.15) is 39.1 Å². The van der Waals surface area contributed by atoms with Crippen LogP contribution >= 0.6 is 0 Å². The van der Waals surface area contributed by atoms with Gasteiger partial charge < -0.3 is 83.4 Å². The molecule has 29 heteroatoms. The summed E-state index contributed by atoms with van der Waals surface area (Å²) in [5, 5.41) is 40.5. The maximum absolute atomic E-state index is 13.1.